The molecule has 0 spiro atoms. The first-order valence-corrected chi connectivity index (χ1v) is 6.68. The predicted molar refractivity (Wildman–Crippen MR) is 70.5 cm³/mol. The van der Waals surface area contributed by atoms with Gasteiger partial charge in [0.05, 0.1) is 0 Å². The van der Waals surface area contributed by atoms with Crippen molar-refractivity contribution < 1.29 is 18.3 Å². The zero-order valence-corrected chi connectivity index (χ0v) is 11.4. The molecule has 0 aromatic heterocycles. The fraction of sp³-hybridized carbons (Fsp3) is 0.500. The van der Waals surface area contributed by atoms with Gasteiger partial charge in [-0.2, -0.15) is 0 Å². The van der Waals surface area contributed by atoms with Crippen molar-refractivity contribution >= 4 is 5.91 Å². The quantitative estimate of drug-likeness (QED) is 0.840. The molecule has 0 unspecified atom stereocenters. The summed E-state index contributed by atoms with van der Waals surface area (Å²) in [5.41, 5.74) is 0. The topological polar surface area (TPSA) is 32.8 Å². The number of hydrogen-bond acceptors (Lipinski definition) is 3. The van der Waals surface area contributed by atoms with Crippen LogP contribution in [0.25, 0.3) is 0 Å². The molecule has 0 aliphatic carbocycles. The molecule has 0 radical (unpaired) electrons. The molecule has 4 nitrogen and oxygen atoms in total. The van der Waals surface area contributed by atoms with Gasteiger partial charge in [-0.15, -0.1) is 0 Å². The highest BCUT2D eigenvalue weighted by atomic mass is 19.1. The van der Waals surface area contributed by atoms with Crippen LogP contribution >= 0.6 is 0 Å². The Balaban J connectivity index is 1.83. The highest BCUT2D eigenvalue weighted by Crippen LogP contribution is 2.17. The predicted octanol–water partition coefficient (Wildman–Crippen LogP) is 1.51. The Bertz CT molecular complexity index is 474. The Hall–Kier alpha value is -1.69. The van der Waals surface area contributed by atoms with Crippen LogP contribution in [-0.2, 0) is 4.79 Å². The summed E-state index contributed by atoms with van der Waals surface area (Å²) >= 11 is 0. The maximum atomic E-state index is 13.3. The fourth-order valence-electron chi connectivity index (χ4n) is 2.14. The molecule has 0 bridgehead atoms. The van der Waals surface area contributed by atoms with E-state index in [1.165, 1.54) is 6.07 Å². The van der Waals surface area contributed by atoms with Crippen LogP contribution < -0.4 is 4.74 Å². The fourth-order valence-corrected chi connectivity index (χ4v) is 2.14. The summed E-state index contributed by atoms with van der Waals surface area (Å²) < 4.78 is 31.2. The lowest BCUT2D eigenvalue weighted by Crippen LogP contribution is -2.49. The van der Waals surface area contributed by atoms with Gasteiger partial charge in [0.25, 0.3) is 5.91 Å². The Morgan fingerprint density at radius 3 is 2.55 bits per heavy atom. The Labute approximate surface area is 116 Å². The molecule has 20 heavy (non-hydrogen) atoms. The van der Waals surface area contributed by atoms with Gasteiger partial charge in [-0.25, -0.2) is 8.78 Å². The molecule has 0 N–H and O–H groups in total. The van der Waals surface area contributed by atoms with Crippen LogP contribution in [0, 0.1) is 11.6 Å². The average molecular weight is 284 g/mol. The minimum absolute atomic E-state index is 0.105. The molecule has 1 aromatic rings. The molecule has 1 fully saturated rings. The van der Waals surface area contributed by atoms with Crippen LogP contribution in [0.4, 0.5) is 8.78 Å². The van der Waals surface area contributed by atoms with Crippen LogP contribution in [0.1, 0.15) is 6.92 Å². The highest BCUT2D eigenvalue weighted by Gasteiger charge is 2.20. The van der Waals surface area contributed by atoms with Crippen LogP contribution in [0.5, 0.6) is 5.75 Å². The van der Waals surface area contributed by atoms with Crippen molar-refractivity contribution in [2.24, 2.45) is 0 Å². The molecule has 0 saturated carbocycles. The summed E-state index contributed by atoms with van der Waals surface area (Å²) in [5.74, 6) is -1.75. The molecule has 1 saturated heterocycles. The van der Waals surface area contributed by atoms with Crippen molar-refractivity contribution in [1.82, 2.24) is 9.80 Å². The molecule has 1 aromatic carbocycles. The van der Waals surface area contributed by atoms with Gasteiger partial charge in [0.15, 0.2) is 18.2 Å². The molecule has 2 rings (SSSR count). The SMILES string of the molecule is CCN1CCN(C(=O)COc2ccc(F)cc2F)CC1. The van der Waals surface area contributed by atoms with E-state index in [1.807, 2.05) is 0 Å². The highest BCUT2D eigenvalue weighted by molar-refractivity contribution is 5.77. The number of likely N-dealkylation sites (N-methyl/N-ethyl adjacent to an activating group) is 1. The second-order valence-corrected chi connectivity index (χ2v) is 4.68. The van der Waals surface area contributed by atoms with Gasteiger partial charge in [-0.1, -0.05) is 6.92 Å². The molecule has 1 amide bonds. The van der Waals surface area contributed by atoms with E-state index >= 15 is 0 Å². The average Bonchev–Trinajstić information content (AvgIpc) is 2.46. The van der Waals surface area contributed by atoms with Gasteiger partial charge in [0, 0.05) is 32.2 Å². The molecule has 1 aliphatic rings. The first kappa shape index (κ1) is 14.7. The van der Waals surface area contributed by atoms with E-state index in [0.29, 0.717) is 13.1 Å². The van der Waals surface area contributed by atoms with E-state index in [1.54, 1.807) is 4.90 Å². The minimum Gasteiger partial charge on any atom is -0.481 e. The van der Waals surface area contributed by atoms with Crippen LogP contribution in [0.3, 0.4) is 0 Å². The lowest BCUT2D eigenvalue weighted by Gasteiger charge is -2.33. The first-order valence-electron chi connectivity index (χ1n) is 6.68. The summed E-state index contributed by atoms with van der Waals surface area (Å²) in [7, 11) is 0. The second kappa shape index (κ2) is 6.65. The molecule has 1 heterocycles. The number of carbonyl (C=O) groups is 1. The van der Waals surface area contributed by atoms with Crippen LogP contribution in [-0.4, -0.2) is 55.0 Å². The molecule has 1 aliphatic heterocycles. The molecule has 0 atom stereocenters. The maximum Gasteiger partial charge on any atom is 0.260 e. The zero-order chi connectivity index (χ0) is 14.5. The Morgan fingerprint density at radius 2 is 1.95 bits per heavy atom. The van der Waals surface area contributed by atoms with E-state index in [-0.39, 0.29) is 18.3 Å². The van der Waals surface area contributed by atoms with Crippen molar-refractivity contribution in [1.29, 1.82) is 0 Å². The second-order valence-electron chi connectivity index (χ2n) is 4.68. The molecule has 110 valence electrons. The minimum atomic E-state index is -0.798. The molecular formula is C14H18F2N2O2. The lowest BCUT2D eigenvalue weighted by molar-refractivity contribution is -0.135. The Kier molecular flexibility index (Phi) is 4.89. The third-order valence-electron chi connectivity index (χ3n) is 3.42. The van der Waals surface area contributed by atoms with Gasteiger partial charge in [-0.3, -0.25) is 4.79 Å². The van der Waals surface area contributed by atoms with Crippen molar-refractivity contribution in [3.05, 3.63) is 29.8 Å². The number of halogens is 2. The largest absolute Gasteiger partial charge is 0.481 e. The summed E-state index contributed by atoms with van der Waals surface area (Å²) in [4.78, 5) is 15.9. The number of amides is 1. The van der Waals surface area contributed by atoms with Crippen molar-refractivity contribution in [2.75, 3.05) is 39.3 Å². The number of benzene rings is 1. The standard InChI is InChI=1S/C14H18F2N2O2/c1-2-17-5-7-18(8-6-17)14(19)10-20-13-4-3-11(15)9-12(13)16/h3-4,9H,2,5-8,10H2,1H3. The molecular weight excluding hydrogens is 266 g/mol. The normalized spacial score (nSPS) is 16.2. The van der Waals surface area contributed by atoms with Crippen molar-refractivity contribution in [2.45, 2.75) is 6.92 Å². The summed E-state index contributed by atoms with van der Waals surface area (Å²) in [6.45, 7) is 5.82. The monoisotopic (exact) mass is 284 g/mol. The van der Waals surface area contributed by atoms with Gasteiger partial charge in [0.1, 0.15) is 5.82 Å². The summed E-state index contributed by atoms with van der Waals surface area (Å²) in [6.07, 6.45) is 0. The van der Waals surface area contributed by atoms with Gasteiger partial charge < -0.3 is 14.5 Å². The zero-order valence-electron chi connectivity index (χ0n) is 11.4. The first-order chi connectivity index (χ1) is 9.60. The van der Waals surface area contributed by atoms with E-state index in [4.69, 9.17) is 4.74 Å². The van der Waals surface area contributed by atoms with E-state index in [2.05, 4.69) is 11.8 Å². The summed E-state index contributed by atoms with van der Waals surface area (Å²) in [5, 5.41) is 0. The van der Waals surface area contributed by atoms with Crippen LogP contribution in [0.2, 0.25) is 0 Å². The number of nitrogens with zero attached hydrogens (tertiary/aromatic N) is 2. The Morgan fingerprint density at radius 1 is 1.25 bits per heavy atom. The number of piperazine rings is 1. The van der Waals surface area contributed by atoms with E-state index < -0.39 is 11.6 Å². The van der Waals surface area contributed by atoms with Gasteiger partial charge in [-0.05, 0) is 18.7 Å². The number of ether oxygens (including phenoxy) is 1. The number of carbonyl (C=O) groups excluding carboxylic acids is 1. The van der Waals surface area contributed by atoms with Crippen LogP contribution in [0.15, 0.2) is 18.2 Å². The third-order valence-corrected chi connectivity index (χ3v) is 3.42. The number of hydrogen-bond donors (Lipinski definition) is 0. The van der Waals surface area contributed by atoms with E-state index in [9.17, 15) is 13.6 Å². The third kappa shape index (κ3) is 3.66. The smallest absolute Gasteiger partial charge is 0.260 e. The summed E-state index contributed by atoms with van der Waals surface area (Å²) in [6, 6.07) is 3.02. The maximum absolute atomic E-state index is 13.3. The van der Waals surface area contributed by atoms with Gasteiger partial charge >= 0.3 is 0 Å². The van der Waals surface area contributed by atoms with Crippen molar-refractivity contribution in [3.63, 3.8) is 0 Å². The van der Waals surface area contributed by atoms with Crippen molar-refractivity contribution in [3.8, 4) is 5.75 Å². The lowest BCUT2D eigenvalue weighted by atomic mass is 10.3. The van der Waals surface area contributed by atoms with Gasteiger partial charge in [0.2, 0.25) is 0 Å². The number of rotatable bonds is 4. The molecule has 6 heteroatoms. The van der Waals surface area contributed by atoms with E-state index in [0.717, 1.165) is 31.8 Å².